The minimum atomic E-state index is -0.568. The number of nitrogens with zero attached hydrogens (tertiary/aromatic N) is 1. The Morgan fingerprint density at radius 1 is 0.900 bits per heavy atom. The van der Waals surface area contributed by atoms with E-state index in [9.17, 15) is 10.2 Å². The van der Waals surface area contributed by atoms with E-state index in [1.165, 1.54) is 24.8 Å². The maximum Gasteiger partial charge on any atom is 0.141 e. The number of hydrogen-bond donors (Lipinski definition) is 4. The molecule has 1 atom stereocenters. The van der Waals surface area contributed by atoms with E-state index in [4.69, 9.17) is 0 Å². The highest BCUT2D eigenvalue weighted by Crippen LogP contribution is 2.37. The Morgan fingerprint density at radius 3 is 2.47 bits per heavy atom. The number of unbranched alkanes of at least 4 members (excludes halogenated alkanes) is 3. The molecule has 0 amide bonds. The molecular formula is C25H35N3O2. The number of fused-ring (bicyclic) bond motifs is 1. The molecule has 1 heterocycles. The molecule has 0 radical (unpaired) electrons. The zero-order valence-corrected chi connectivity index (χ0v) is 17.8. The second-order valence-corrected chi connectivity index (χ2v) is 7.97. The number of phenols is 1. The first kappa shape index (κ1) is 22.5. The third-order valence-electron chi connectivity index (χ3n) is 5.63. The van der Waals surface area contributed by atoms with E-state index in [-0.39, 0.29) is 5.75 Å². The van der Waals surface area contributed by atoms with Crippen molar-refractivity contribution in [2.24, 2.45) is 4.99 Å². The van der Waals surface area contributed by atoms with Crippen LogP contribution in [0.1, 0.15) is 54.9 Å². The van der Waals surface area contributed by atoms with Crippen molar-refractivity contribution in [1.82, 2.24) is 10.6 Å². The maximum atomic E-state index is 10.6. The van der Waals surface area contributed by atoms with Gasteiger partial charge in [-0.1, -0.05) is 49.2 Å². The van der Waals surface area contributed by atoms with Crippen molar-refractivity contribution in [2.45, 2.75) is 51.0 Å². The quantitative estimate of drug-likeness (QED) is 0.376. The van der Waals surface area contributed by atoms with Crippen molar-refractivity contribution in [1.29, 1.82) is 0 Å². The van der Waals surface area contributed by atoms with Gasteiger partial charge < -0.3 is 20.8 Å². The summed E-state index contributed by atoms with van der Waals surface area (Å²) in [5.41, 5.74) is 3.87. The van der Waals surface area contributed by atoms with Gasteiger partial charge in [-0.05, 0) is 74.5 Å². The van der Waals surface area contributed by atoms with E-state index in [0.29, 0.717) is 12.2 Å². The number of aliphatic hydroxyl groups is 1. The summed E-state index contributed by atoms with van der Waals surface area (Å²) < 4.78 is 0. The van der Waals surface area contributed by atoms with Gasteiger partial charge in [0.25, 0.3) is 0 Å². The fourth-order valence-electron chi connectivity index (χ4n) is 3.93. The van der Waals surface area contributed by atoms with Gasteiger partial charge in [0.05, 0.1) is 6.10 Å². The number of aliphatic hydroxyl groups excluding tert-OH is 1. The zero-order chi connectivity index (χ0) is 21.0. The lowest BCUT2D eigenvalue weighted by Gasteiger charge is -2.20. The van der Waals surface area contributed by atoms with E-state index in [1.807, 2.05) is 12.3 Å². The van der Waals surface area contributed by atoms with Crippen LogP contribution < -0.4 is 10.6 Å². The molecule has 162 valence electrons. The van der Waals surface area contributed by atoms with E-state index >= 15 is 0 Å². The molecule has 0 spiro atoms. The molecule has 5 nitrogen and oxygen atoms in total. The molecular weight excluding hydrogens is 374 g/mol. The van der Waals surface area contributed by atoms with E-state index in [2.05, 4.69) is 46.0 Å². The van der Waals surface area contributed by atoms with Gasteiger partial charge in [0.2, 0.25) is 0 Å². The fourth-order valence-corrected chi connectivity index (χ4v) is 3.93. The van der Waals surface area contributed by atoms with Crippen molar-refractivity contribution in [2.75, 3.05) is 26.2 Å². The van der Waals surface area contributed by atoms with Crippen LogP contribution in [0.25, 0.3) is 0 Å². The second kappa shape index (κ2) is 12.5. The largest absolute Gasteiger partial charge is 0.506 e. The molecule has 1 aliphatic rings. The van der Waals surface area contributed by atoms with Gasteiger partial charge in [0.1, 0.15) is 11.4 Å². The van der Waals surface area contributed by atoms with Crippen molar-refractivity contribution < 1.29 is 10.2 Å². The highest BCUT2D eigenvalue weighted by Gasteiger charge is 2.19. The molecule has 2 aromatic rings. The van der Waals surface area contributed by atoms with Crippen LogP contribution in [-0.2, 0) is 12.8 Å². The molecule has 0 saturated carbocycles. The van der Waals surface area contributed by atoms with Crippen LogP contribution in [0.3, 0.4) is 0 Å². The summed E-state index contributed by atoms with van der Waals surface area (Å²) in [4.78, 5) is 4.30. The number of benzene rings is 2. The molecule has 2 aromatic carbocycles. The third-order valence-corrected chi connectivity index (χ3v) is 5.63. The molecule has 5 heteroatoms. The summed E-state index contributed by atoms with van der Waals surface area (Å²) in [6.45, 7) is 3.56. The number of hydrogen-bond acceptors (Lipinski definition) is 5. The smallest absolute Gasteiger partial charge is 0.141 e. The Bertz CT molecular complexity index is 792. The molecule has 0 aromatic heterocycles. The predicted octanol–water partition coefficient (Wildman–Crippen LogP) is 4.06. The monoisotopic (exact) mass is 409 g/mol. The van der Waals surface area contributed by atoms with Gasteiger partial charge in [-0.15, -0.1) is 0 Å². The fraction of sp³-hybridized carbons (Fsp3) is 0.480. The lowest BCUT2D eigenvalue weighted by molar-refractivity contribution is 0.173. The Morgan fingerprint density at radius 2 is 1.67 bits per heavy atom. The molecule has 0 fully saturated rings. The molecule has 0 saturated heterocycles. The van der Waals surface area contributed by atoms with Gasteiger partial charge in [0, 0.05) is 12.8 Å². The molecule has 1 aliphatic heterocycles. The van der Waals surface area contributed by atoms with Crippen LogP contribution in [0.2, 0.25) is 0 Å². The minimum absolute atomic E-state index is 0.194. The molecule has 4 N–H and O–H groups in total. The number of aliphatic imine (C=N–C) groups is 1. The van der Waals surface area contributed by atoms with Crippen molar-refractivity contribution in [3.05, 3.63) is 59.2 Å². The van der Waals surface area contributed by atoms with E-state index in [1.54, 1.807) is 6.07 Å². The summed E-state index contributed by atoms with van der Waals surface area (Å²) >= 11 is 0. The highest BCUT2D eigenvalue weighted by molar-refractivity contribution is 5.73. The SMILES string of the molecule is Oc1ccc(C(O)CNCCCCCCNCCc2ccccc2)c2c1N=CCC2. The van der Waals surface area contributed by atoms with E-state index in [0.717, 1.165) is 56.4 Å². The van der Waals surface area contributed by atoms with Crippen molar-refractivity contribution in [3.8, 4) is 5.75 Å². The summed E-state index contributed by atoms with van der Waals surface area (Å²) in [5.74, 6) is 0.194. The maximum absolute atomic E-state index is 10.6. The topological polar surface area (TPSA) is 76.9 Å². The average Bonchev–Trinajstić information content (AvgIpc) is 2.78. The van der Waals surface area contributed by atoms with Gasteiger partial charge in [-0.2, -0.15) is 0 Å². The third kappa shape index (κ3) is 6.94. The van der Waals surface area contributed by atoms with Crippen LogP contribution in [0, 0.1) is 0 Å². The summed E-state index contributed by atoms with van der Waals surface area (Å²) in [6, 6.07) is 14.1. The molecule has 3 rings (SSSR count). The molecule has 0 bridgehead atoms. The van der Waals surface area contributed by atoms with E-state index < -0.39 is 6.10 Å². The van der Waals surface area contributed by atoms with Gasteiger partial charge in [-0.3, -0.25) is 4.99 Å². The van der Waals surface area contributed by atoms with Crippen molar-refractivity contribution >= 4 is 11.9 Å². The highest BCUT2D eigenvalue weighted by atomic mass is 16.3. The second-order valence-electron chi connectivity index (χ2n) is 7.97. The van der Waals surface area contributed by atoms with Gasteiger partial charge in [-0.25, -0.2) is 0 Å². The minimum Gasteiger partial charge on any atom is -0.506 e. The van der Waals surface area contributed by atoms with Crippen LogP contribution in [0.15, 0.2) is 47.5 Å². The lowest BCUT2D eigenvalue weighted by Crippen LogP contribution is -2.23. The van der Waals surface area contributed by atoms with Gasteiger partial charge >= 0.3 is 0 Å². The van der Waals surface area contributed by atoms with Gasteiger partial charge in [0.15, 0.2) is 0 Å². The number of phenolic OH excluding ortho intramolecular Hbond substituents is 1. The predicted molar refractivity (Wildman–Crippen MR) is 124 cm³/mol. The summed E-state index contributed by atoms with van der Waals surface area (Å²) in [5, 5.41) is 27.4. The molecule has 0 aliphatic carbocycles. The summed E-state index contributed by atoms with van der Waals surface area (Å²) in [6.07, 6.45) is 8.77. The number of nitrogens with one attached hydrogen (secondary N) is 2. The summed E-state index contributed by atoms with van der Waals surface area (Å²) in [7, 11) is 0. The molecule has 30 heavy (non-hydrogen) atoms. The number of aromatic hydroxyl groups is 1. The van der Waals surface area contributed by atoms with Crippen molar-refractivity contribution in [3.63, 3.8) is 0 Å². The standard InChI is InChI=1S/C25H35N3O2/c29-23-13-12-21(22-11-8-17-28-25(22)23)24(30)19-27-16-7-2-1-6-15-26-18-14-20-9-4-3-5-10-20/h3-5,9-10,12-13,17,24,26-27,29-30H,1-2,6-8,11,14-16,18-19H2. The first-order chi connectivity index (χ1) is 14.8. The van der Waals surface area contributed by atoms with Crippen LogP contribution >= 0.6 is 0 Å². The lowest BCUT2D eigenvalue weighted by atomic mass is 9.95. The molecule has 1 unspecified atom stereocenters. The zero-order valence-electron chi connectivity index (χ0n) is 17.8. The first-order valence-corrected chi connectivity index (χ1v) is 11.3. The Kier molecular flexibility index (Phi) is 9.35. The van der Waals surface area contributed by atoms with Crippen LogP contribution in [0.4, 0.5) is 5.69 Å². The van der Waals surface area contributed by atoms with Crippen LogP contribution in [-0.4, -0.2) is 42.6 Å². The first-order valence-electron chi connectivity index (χ1n) is 11.3. The Balaban J connectivity index is 1.22. The number of rotatable bonds is 13. The normalized spacial score (nSPS) is 13.9. The van der Waals surface area contributed by atoms with Crippen LogP contribution in [0.5, 0.6) is 5.75 Å². The average molecular weight is 410 g/mol. The Hall–Kier alpha value is -2.21. The Labute approximate surface area is 180 Å².